The van der Waals surface area contributed by atoms with Crippen LogP contribution in [0.2, 0.25) is 0 Å². The molecule has 3 nitrogen and oxygen atoms in total. The standard InChI is InChI=1S/C15H20BrNO2/c16-13-9-11(14(17)7-8-15(18)19)5-6-12(13)10-3-1-2-4-10/h5-6,9-10,14H,1-4,7-8,17H2,(H,18,19). The van der Waals surface area contributed by atoms with E-state index in [1.807, 2.05) is 6.07 Å². The molecule has 1 saturated carbocycles. The van der Waals surface area contributed by atoms with E-state index in [9.17, 15) is 4.79 Å². The van der Waals surface area contributed by atoms with Crippen molar-refractivity contribution >= 4 is 21.9 Å². The van der Waals surface area contributed by atoms with E-state index in [-0.39, 0.29) is 12.5 Å². The summed E-state index contributed by atoms with van der Waals surface area (Å²) in [6, 6.07) is 6.05. The molecule has 0 spiro atoms. The Kier molecular flexibility index (Phi) is 4.99. The first-order valence-corrected chi connectivity index (χ1v) is 7.64. The van der Waals surface area contributed by atoms with E-state index >= 15 is 0 Å². The van der Waals surface area contributed by atoms with Crippen LogP contribution in [-0.4, -0.2) is 11.1 Å². The number of benzene rings is 1. The SMILES string of the molecule is NC(CCC(=O)O)c1ccc(C2CCCC2)c(Br)c1. The quantitative estimate of drug-likeness (QED) is 0.860. The van der Waals surface area contributed by atoms with Crippen molar-refractivity contribution in [3.8, 4) is 0 Å². The highest BCUT2D eigenvalue weighted by Crippen LogP contribution is 2.38. The van der Waals surface area contributed by atoms with E-state index in [0.717, 1.165) is 10.0 Å². The van der Waals surface area contributed by atoms with Crippen molar-refractivity contribution in [2.45, 2.75) is 50.5 Å². The predicted octanol–water partition coefficient (Wildman–Crippen LogP) is 3.97. The summed E-state index contributed by atoms with van der Waals surface area (Å²) < 4.78 is 1.11. The Balaban J connectivity index is 2.07. The summed E-state index contributed by atoms with van der Waals surface area (Å²) in [7, 11) is 0. The lowest BCUT2D eigenvalue weighted by molar-refractivity contribution is -0.137. The number of carboxylic acid groups (broad SMARTS) is 1. The number of halogens is 1. The van der Waals surface area contributed by atoms with E-state index in [4.69, 9.17) is 10.8 Å². The maximum Gasteiger partial charge on any atom is 0.303 e. The molecule has 1 aliphatic carbocycles. The monoisotopic (exact) mass is 325 g/mol. The smallest absolute Gasteiger partial charge is 0.303 e. The highest BCUT2D eigenvalue weighted by molar-refractivity contribution is 9.10. The summed E-state index contributed by atoms with van der Waals surface area (Å²) in [4.78, 5) is 10.6. The van der Waals surface area contributed by atoms with E-state index in [2.05, 4.69) is 28.1 Å². The number of aliphatic carboxylic acids is 1. The molecule has 1 aromatic rings. The van der Waals surface area contributed by atoms with Gasteiger partial charge in [0.15, 0.2) is 0 Å². The first-order valence-electron chi connectivity index (χ1n) is 6.84. The van der Waals surface area contributed by atoms with E-state index in [1.54, 1.807) is 0 Å². The number of carbonyl (C=O) groups is 1. The molecule has 0 saturated heterocycles. The maximum atomic E-state index is 10.6. The number of hydrogen-bond acceptors (Lipinski definition) is 2. The Bertz CT molecular complexity index is 455. The van der Waals surface area contributed by atoms with Gasteiger partial charge in [-0.15, -0.1) is 0 Å². The molecular weight excluding hydrogens is 306 g/mol. The van der Waals surface area contributed by atoms with Crippen LogP contribution in [-0.2, 0) is 4.79 Å². The van der Waals surface area contributed by atoms with Crippen LogP contribution in [0.4, 0.5) is 0 Å². The normalized spacial score (nSPS) is 17.6. The van der Waals surface area contributed by atoms with Gasteiger partial charge in [0.1, 0.15) is 0 Å². The average molecular weight is 326 g/mol. The zero-order valence-corrected chi connectivity index (χ0v) is 12.5. The second-order valence-electron chi connectivity index (χ2n) is 5.30. The molecule has 104 valence electrons. The van der Waals surface area contributed by atoms with Gasteiger partial charge >= 0.3 is 5.97 Å². The summed E-state index contributed by atoms with van der Waals surface area (Å²) in [5.41, 5.74) is 8.41. The molecule has 0 radical (unpaired) electrons. The van der Waals surface area contributed by atoms with Crippen LogP contribution in [0.5, 0.6) is 0 Å². The molecular formula is C15H20BrNO2. The fourth-order valence-electron chi connectivity index (χ4n) is 2.79. The largest absolute Gasteiger partial charge is 0.481 e. The Labute approximate surface area is 122 Å². The molecule has 1 atom stereocenters. The van der Waals surface area contributed by atoms with Gasteiger partial charge in [0.25, 0.3) is 0 Å². The molecule has 0 heterocycles. The summed E-state index contributed by atoms with van der Waals surface area (Å²) in [6.07, 6.45) is 5.76. The second-order valence-corrected chi connectivity index (χ2v) is 6.16. The first kappa shape index (κ1) is 14.5. The van der Waals surface area contributed by atoms with E-state index < -0.39 is 5.97 Å². The molecule has 0 amide bonds. The van der Waals surface area contributed by atoms with Gasteiger partial charge < -0.3 is 10.8 Å². The third kappa shape index (κ3) is 3.80. The number of rotatable bonds is 5. The summed E-state index contributed by atoms with van der Waals surface area (Å²) in [6.45, 7) is 0. The van der Waals surface area contributed by atoms with Crippen molar-refractivity contribution in [1.29, 1.82) is 0 Å². The minimum absolute atomic E-state index is 0.114. The number of carboxylic acids is 1. The fourth-order valence-corrected chi connectivity index (χ4v) is 3.51. The predicted molar refractivity (Wildman–Crippen MR) is 79.1 cm³/mol. The van der Waals surface area contributed by atoms with Crippen molar-refractivity contribution in [2.75, 3.05) is 0 Å². The van der Waals surface area contributed by atoms with Gasteiger partial charge in [-0.3, -0.25) is 4.79 Å². The van der Waals surface area contributed by atoms with Gasteiger partial charge in [0.05, 0.1) is 0 Å². The van der Waals surface area contributed by atoms with Crippen LogP contribution in [0.25, 0.3) is 0 Å². The van der Waals surface area contributed by atoms with E-state index in [1.165, 1.54) is 31.2 Å². The van der Waals surface area contributed by atoms with Crippen molar-refractivity contribution in [3.63, 3.8) is 0 Å². The van der Waals surface area contributed by atoms with Crippen LogP contribution in [0.15, 0.2) is 22.7 Å². The van der Waals surface area contributed by atoms with Crippen molar-refractivity contribution in [1.82, 2.24) is 0 Å². The molecule has 19 heavy (non-hydrogen) atoms. The van der Waals surface area contributed by atoms with Crippen LogP contribution in [0, 0.1) is 0 Å². The molecule has 4 heteroatoms. The highest BCUT2D eigenvalue weighted by atomic mass is 79.9. The lowest BCUT2D eigenvalue weighted by Gasteiger charge is -2.16. The Morgan fingerprint density at radius 2 is 2.11 bits per heavy atom. The van der Waals surface area contributed by atoms with Gasteiger partial charge in [0, 0.05) is 16.9 Å². The molecule has 0 aliphatic heterocycles. The van der Waals surface area contributed by atoms with Crippen LogP contribution >= 0.6 is 15.9 Å². The van der Waals surface area contributed by atoms with Gasteiger partial charge in [-0.2, -0.15) is 0 Å². The lowest BCUT2D eigenvalue weighted by Crippen LogP contribution is -2.12. The zero-order valence-electron chi connectivity index (χ0n) is 10.9. The maximum absolute atomic E-state index is 10.6. The van der Waals surface area contributed by atoms with Gasteiger partial charge in [-0.25, -0.2) is 0 Å². The first-order chi connectivity index (χ1) is 9.08. The number of nitrogens with two attached hydrogens (primary N) is 1. The van der Waals surface area contributed by atoms with Crippen LogP contribution < -0.4 is 5.73 Å². The molecule has 0 aromatic heterocycles. The van der Waals surface area contributed by atoms with Crippen LogP contribution in [0.3, 0.4) is 0 Å². The summed E-state index contributed by atoms with van der Waals surface area (Å²) >= 11 is 3.63. The zero-order chi connectivity index (χ0) is 13.8. The minimum Gasteiger partial charge on any atom is -0.481 e. The molecule has 1 unspecified atom stereocenters. The van der Waals surface area contributed by atoms with Gasteiger partial charge in [-0.1, -0.05) is 40.9 Å². The van der Waals surface area contributed by atoms with Crippen molar-refractivity contribution < 1.29 is 9.90 Å². The van der Waals surface area contributed by atoms with E-state index in [0.29, 0.717) is 12.3 Å². The Morgan fingerprint density at radius 1 is 1.42 bits per heavy atom. The third-order valence-electron chi connectivity index (χ3n) is 3.92. The third-order valence-corrected chi connectivity index (χ3v) is 4.60. The summed E-state index contributed by atoms with van der Waals surface area (Å²) in [5.74, 6) is -0.129. The highest BCUT2D eigenvalue weighted by Gasteiger charge is 2.20. The second kappa shape index (κ2) is 6.53. The number of hydrogen-bond donors (Lipinski definition) is 2. The summed E-state index contributed by atoms with van der Waals surface area (Å²) in [5, 5.41) is 8.69. The Hall–Kier alpha value is -0.870. The molecule has 0 bridgehead atoms. The molecule has 3 N–H and O–H groups in total. The molecule has 1 aromatic carbocycles. The average Bonchev–Trinajstić information content (AvgIpc) is 2.89. The minimum atomic E-state index is -0.794. The van der Waals surface area contributed by atoms with Crippen molar-refractivity contribution in [3.05, 3.63) is 33.8 Å². The lowest BCUT2D eigenvalue weighted by atomic mass is 9.94. The van der Waals surface area contributed by atoms with Crippen LogP contribution in [0.1, 0.15) is 61.6 Å². The van der Waals surface area contributed by atoms with Gasteiger partial charge in [0.2, 0.25) is 0 Å². The van der Waals surface area contributed by atoms with Crippen molar-refractivity contribution in [2.24, 2.45) is 5.73 Å². The molecule has 1 fully saturated rings. The topological polar surface area (TPSA) is 63.3 Å². The van der Waals surface area contributed by atoms with Gasteiger partial charge in [-0.05, 0) is 42.4 Å². The molecule has 2 rings (SSSR count). The fraction of sp³-hybridized carbons (Fsp3) is 0.533. The Morgan fingerprint density at radius 3 is 2.68 bits per heavy atom. The molecule has 1 aliphatic rings.